The molecule has 7 nitrogen and oxygen atoms in total. The summed E-state index contributed by atoms with van der Waals surface area (Å²) in [7, 11) is 0. The average Bonchev–Trinajstić information content (AvgIpc) is 3.36. The van der Waals surface area contributed by atoms with Gasteiger partial charge in [0, 0.05) is 38.3 Å². The summed E-state index contributed by atoms with van der Waals surface area (Å²) in [5.41, 5.74) is 1.26. The summed E-state index contributed by atoms with van der Waals surface area (Å²) in [5, 5.41) is 14.2. The molecule has 132 valence electrons. The molecular formula is C18H24N6O. The van der Waals surface area contributed by atoms with E-state index in [2.05, 4.69) is 54.6 Å². The van der Waals surface area contributed by atoms with Crippen LogP contribution in [-0.4, -0.2) is 40.4 Å². The van der Waals surface area contributed by atoms with Crippen molar-refractivity contribution in [3.8, 4) is 0 Å². The molecule has 1 saturated heterocycles. The van der Waals surface area contributed by atoms with Crippen molar-refractivity contribution in [2.45, 2.75) is 32.4 Å². The molecule has 4 rings (SSSR count). The van der Waals surface area contributed by atoms with Crippen molar-refractivity contribution in [3.63, 3.8) is 0 Å². The summed E-state index contributed by atoms with van der Waals surface area (Å²) in [4.78, 5) is 14.4. The number of para-hydroxylation sites is 1. The van der Waals surface area contributed by atoms with Gasteiger partial charge in [-0.25, -0.2) is 4.79 Å². The molecule has 2 aromatic rings. The zero-order valence-electron chi connectivity index (χ0n) is 14.3. The Labute approximate surface area is 147 Å². The van der Waals surface area contributed by atoms with Gasteiger partial charge in [-0.05, 0) is 30.9 Å². The van der Waals surface area contributed by atoms with Gasteiger partial charge in [-0.2, -0.15) is 0 Å². The Kier molecular flexibility index (Phi) is 4.54. The summed E-state index contributed by atoms with van der Waals surface area (Å²) < 4.78 is 2.11. The van der Waals surface area contributed by atoms with Crippen molar-refractivity contribution in [3.05, 3.63) is 42.0 Å². The van der Waals surface area contributed by atoms with Crippen LogP contribution in [0.1, 0.15) is 24.5 Å². The largest absolute Gasteiger partial charge is 0.371 e. The highest BCUT2D eigenvalue weighted by atomic mass is 16.2. The highest BCUT2D eigenvalue weighted by molar-refractivity contribution is 5.73. The lowest BCUT2D eigenvalue weighted by atomic mass is 10.1. The molecule has 1 aromatic carbocycles. The van der Waals surface area contributed by atoms with Crippen molar-refractivity contribution in [1.82, 2.24) is 25.4 Å². The predicted octanol–water partition coefficient (Wildman–Crippen LogP) is 1.55. The number of carbonyl (C=O) groups excluding carboxylic acids is 1. The molecule has 0 spiro atoms. The van der Waals surface area contributed by atoms with Crippen LogP contribution >= 0.6 is 0 Å². The van der Waals surface area contributed by atoms with E-state index in [1.54, 1.807) is 0 Å². The minimum absolute atomic E-state index is 0.131. The Morgan fingerprint density at radius 2 is 2.04 bits per heavy atom. The highest BCUT2D eigenvalue weighted by Crippen LogP contribution is 2.22. The zero-order chi connectivity index (χ0) is 17.1. The molecule has 0 saturated carbocycles. The fourth-order valence-electron chi connectivity index (χ4n) is 3.67. The van der Waals surface area contributed by atoms with Crippen LogP contribution in [0, 0.1) is 5.92 Å². The number of aryl methyl sites for hydroxylation is 1. The van der Waals surface area contributed by atoms with Crippen LogP contribution in [0.2, 0.25) is 0 Å². The maximum atomic E-state index is 12.1. The van der Waals surface area contributed by atoms with E-state index >= 15 is 0 Å². The SMILES string of the molecule is O=C(NCc1nnc2n1CCC2)NCC1CCN(c2ccccc2)C1. The van der Waals surface area contributed by atoms with Gasteiger partial charge in [0.1, 0.15) is 5.82 Å². The maximum absolute atomic E-state index is 12.1. The van der Waals surface area contributed by atoms with Gasteiger partial charge < -0.3 is 20.1 Å². The van der Waals surface area contributed by atoms with E-state index in [1.165, 1.54) is 5.69 Å². The van der Waals surface area contributed by atoms with E-state index in [0.717, 1.165) is 50.5 Å². The van der Waals surface area contributed by atoms with E-state index in [1.807, 2.05) is 6.07 Å². The molecule has 2 aliphatic heterocycles. The van der Waals surface area contributed by atoms with Gasteiger partial charge >= 0.3 is 6.03 Å². The van der Waals surface area contributed by atoms with Gasteiger partial charge in [0.25, 0.3) is 0 Å². The average molecular weight is 340 g/mol. The monoisotopic (exact) mass is 340 g/mol. The predicted molar refractivity (Wildman–Crippen MR) is 95.3 cm³/mol. The third-order valence-corrected chi connectivity index (χ3v) is 5.05. The normalized spacial score (nSPS) is 19.0. The van der Waals surface area contributed by atoms with Crippen LogP contribution in [0.4, 0.5) is 10.5 Å². The Bertz CT molecular complexity index is 728. The van der Waals surface area contributed by atoms with E-state index in [0.29, 0.717) is 19.0 Å². The first kappa shape index (κ1) is 15.9. The first-order valence-corrected chi connectivity index (χ1v) is 9.02. The van der Waals surface area contributed by atoms with E-state index in [-0.39, 0.29) is 6.03 Å². The first-order chi connectivity index (χ1) is 12.3. The number of hydrogen-bond acceptors (Lipinski definition) is 4. The Morgan fingerprint density at radius 1 is 1.16 bits per heavy atom. The molecule has 0 radical (unpaired) electrons. The van der Waals surface area contributed by atoms with Gasteiger partial charge in [-0.15, -0.1) is 10.2 Å². The topological polar surface area (TPSA) is 75.1 Å². The second kappa shape index (κ2) is 7.13. The van der Waals surface area contributed by atoms with Crippen molar-refractivity contribution < 1.29 is 4.79 Å². The number of hydrogen-bond donors (Lipinski definition) is 2. The summed E-state index contributed by atoms with van der Waals surface area (Å²) in [5.74, 6) is 2.37. The van der Waals surface area contributed by atoms with Crippen molar-refractivity contribution in [2.75, 3.05) is 24.5 Å². The first-order valence-electron chi connectivity index (χ1n) is 9.02. The fraction of sp³-hybridized carbons (Fsp3) is 0.500. The molecular weight excluding hydrogens is 316 g/mol. The summed E-state index contributed by atoms with van der Waals surface area (Å²) in [6, 6.07) is 10.3. The quantitative estimate of drug-likeness (QED) is 0.866. The summed E-state index contributed by atoms with van der Waals surface area (Å²) in [6.45, 7) is 4.12. The van der Waals surface area contributed by atoms with E-state index in [9.17, 15) is 4.79 Å². The van der Waals surface area contributed by atoms with Crippen LogP contribution in [0.3, 0.4) is 0 Å². The van der Waals surface area contributed by atoms with Crippen LogP contribution in [0.5, 0.6) is 0 Å². The highest BCUT2D eigenvalue weighted by Gasteiger charge is 2.23. The molecule has 1 unspecified atom stereocenters. The smallest absolute Gasteiger partial charge is 0.315 e. The Balaban J connectivity index is 1.20. The lowest BCUT2D eigenvalue weighted by Crippen LogP contribution is -2.39. The van der Waals surface area contributed by atoms with Crippen molar-refractivity contribution in [2.24, 2.45) is 5.92 Å². The van der Waals surface area contributed by atoms with Crippen LogP contribution in [-0.2, 0) is 19.5 Å². The second-order valence-electron chi connectivity index (χ2n) is 6.79. The Morgan fingerprint density at radius 3 is 2.92 bits per heavy atom. The van der Waals surface area contributed by atoms with E-state index in [4.69, 9.17) is 0 Å². The number of nitrogens with zero attached hydrogens (tertiary/aromatic N) is 4. The molecule has 3 heterocycles. The molecule has 2 N–H and O–H groups in total. The van der Waals surface area contributed by atoms with Gasteiger partial charge in [0.15, 0.2) is 5.82 Å². The van der Waals surface area contributed by atoms with Crippen LogP contribution < -0.4 is 15.5 Å². The van der Waals surface area contributed by atoms with Gasteiger partial charge in [-0.3, -0.25) is 0 Å². The minimum Gasteiger partial charge on any atom is -0.371 e. The fourth-order valence-corrected chi connectivity index (χ4v) is 3.67. The number of benzene rings is 1. The molecule has 7 heteroatoms. The number of nitrogens with one attached hydrogen (secondary N) is 2. The molecule has 2 aliphatic rings. The molecule has 1 fully saturated rings. The van der Waals surface area contributed by atoms with Crippen molar-refractivity contribution >= 4 is 11.7 Å². The standard InChI is InChI=1S/C18H24N6O/c25-18(20-12-17-22-21-16-7-4-9-24(16)17)19-11-14-8-10-23(13-14)15-5-2-1-3-6-15/h1-3,5-6,14H,4,7-13H2,(H2,19,20,25). The van der Waals surface area contributed by atoms with Gasteiger partial charge in [0.2, 0.25) is 0 Å². The van der Waals surface area contributed by atoms with Crippen LogP contribution in [0.25, 0.3) is 0 Å². The Hall–Kier alpha value is -2.57. The molecule has 2 amide bonds. The number of aromatic nitrogens is 3. The third-order valence-electron chi connectivity index (χ3n) is 5.05. The number of urea groups is 1. The molecule has 25 heavy (non-hydrogen) atoms. The number of rotatable bonds is 5. The summed E-state index contributed by atoms with van der Waals surface area (Å²) >= 11 is 0. The minimum atomic E-state index is -0.131. The van der Waals surface area contributed by atoms with E-state index < -0.39 is 0 Å². The van der Waals surface area contributed by atoms with Crippen molar-refractivity contribution in [1.29, 1.82) is 0 Å². The number of fused-ring (bicyclic) bond motifs is 1. The zero-order valence-corrected chi connectivity index (χ0v) is 14.3. The number of anilines is 1. The van der Waals surface area contributed by atoms with Crippen LogP contribution in [0.15, 0.2) is 30.3 Å². The maximum Gasteiger partial charge on any atom is 0.315 e. The second-order valence-corrected chi connectivity index (χ2v) is 6.79. The molecule has 1 atom stereocenters. The lowest BCUT2D eigenvalue weighted by Gasteiger charge is -2.18. The molecule has 0 bridgehead atoms. The van der Waals surface area contributed by atoms with Gasteiger partial charge in [-0.1, -0.05) is 18.2 Å². The number of carbonyl (C=O) groups is 1. The molecule has 1 aromatic heterocycles. The van der Waals surface area contributed by atoms with Gasteiger partial charge in [0.05, 0.1) is 6.54 Å². The lowest BCUT2D eigenvalue weighted by molar-refractivity contribution is 0.238. The number of amides is 2. The molecule has 0 aliphatic carbocycles. The summed E-state index contributed by atoms with van der Waals surface area (Å²) in [6.07, 6.45) is 3.20. The third kappa shape index (κ3) is 3.60.